The van der Waals surface area contributed by atoms with Gasteiger partial charge in [-0.05, 0) is 62.4 Å². The van der Waals surface area contributed by atoms with Crippen molar-refractivity contribution in [3.63, 3.8) is 0 Å². The Bertz CT molecular complexity index is 730. The number of aromatic hydroxyl groups is 2. The average Bonchev–Trinajstić information content (AvgIpc) is 3.00. The van der Waals surface area contributed by atoms with Gasteiger partial charge in [0, 0.05) is 17.7 Å². The largest absolute Gasteiger partial charge is 0.507 e. The van der Waals surface area contributed by atoms with Gasteiger partial charge in [0.2, 0.25) is 0 Å². The lowest BCUT2D eigenvalue weighted by Gasteiger charge is -2.14. The maximum atomic E-state index is 12.6. The third-order valence-corrected chi connectivity index (χ3v) is 4.19. The van der Waals surface area contributed by atoms with E-state index in [9.17, 15) is 15.0 Å². The quantitative estimate of drug-likeness (QED) is 0.844. The van der Waals surface area contributed by atoms with Gasteiger partial charge in [0.15, 0.2) is 5.78 Å². The van der Waals surface area contributed by atoms with Gasteiger partial charge in [-0.25, -0.2) is 0 Å². The average molecular weight is 311 g/mol. The minimum Gasteiger partial charge on any atom is -0.507 e. The number of phenols is 2. The molecule has 1 fully saturated rings. The smallest absolute Gasteiger partial charge is 0.197 e. The van der Waals surface area contributed by atoms with E-state index in [4.69, 9.17) is 4.74 Å². The summed E-state index contributed by atoms with van der Waals surface area (Å²) in [6.07, 6.45) is 4.60. The van der Waals surface area contributed by atoms with Crippen molar-refractivity contribution in [2.24, 2.45) is 0 Å². The van der Waals surface area contributed by atoms with Crippen LogP contribution in [0.1, 0.15) is 47.2 Å². The van der Waals surface area contributed by atoms with Crippen molar-refractivity contribution in [2.75, 3.05) is 0 Å². The van der Waals surface area contributed by atoms with Crippen molar-refractivity contribution >= 4 is 5.78 Å². The lowest BCUT2D eigenvalue weighted by atomic mass is 9.98. The summed E-state index contributed by atoms with van der Waals surface area (Å²) in [6.45, 7) is 1.70. The molecule has 119 valence electrons. The molecule has 0 saturated heterocycles. The number of ketones is 1. The molecule has 0 atom stereocenters. The lowest BCUT2D eigenvalue weighted by Crippen LogP contribution is -2.11. The monoisotopic (exact) mass is 311 g/mol. The number of aryl methyl sites for hydroxylation is 1. The third-order valence-electron chi connectivity index (χ3n) is 4.19. The number of hydrogen-bond acceptors (Lipinski definition) is 4. The molecule has 4 heteroatoms. The predicted molar refractivity (Wildman–Crippen MR) is 86.1 cm³/mol. The van der Waals surface area contributed by atoms with Crippen molar-refractivity contribution in [1.82, 2.24) is 0 Å². The van der Waals surface area contributed by atoms with Gasteiger partial charge in [0.1, 0.15) is 17.2 Å². The van der Waals surface area contributed by atoms with Gasteiger partial charge < -0.3 is 14.9 Å². The van der Waals surface area contributed by atoms with Crippen molar-refractivity contribution in [1.29, 1.82) is 0 Å². The van der Waals surface area contributed by atoms with E-state index in [0.717, 1.165) is 12.8 Å². The van der Waals surface area contributed by atoms with Crippen LogP contribution in [0, 0.1) is 13.0 Å². The van der Waals surface area contributed by atoms with Crippen molar-refractivity contribution in [3.8, 4) is 17.2 Å². The Morgan fingerprint density at radius 2 is 1.83 bits per heavy atom. The summed E-state index contributed by atoms with van der Waals surface area (Å²) in [4.78, 5) is 12.6. The number of rotatable bonds is 4. The molecule has 0 bridgehead atoms. The molecular weight excluding hydrogens is 292 g/mol. The van der Waals surface area contributed by atoms with Gasteiger partial charge in [-0.1, -0.05) is 0 Å². The Morgan fingerprint density at radius 1 is 1.13 bits per heavy atom. The molecule has 0 amide bonds. The SMILES string of the molecule is Cc1[c]c(O)ccc1C(=O)c1ccc(OC2CCCC2)cc1O. The molecule has 3 rings (SSSR count). The van der Waals surface area contributed by atoms with Crippen LogP contribution in [0.5, 0.6) is 17.2 Å². The molecule has 1 aliphatic rings. The second kappa shape index (κ2) is 6.32. The van der Waals surface area contributed by atoms with E-state index in [1.807, 2.05) is 0 Å². The third kappa shape index (κ3) is 3.31. The van der Waals surface area contributed by atoms with E-state index in [1.54, 1.807) is 19.1 Å². The Labute approximate surface area is 135 Å². The molecule has 2 aromatic rings. The Hall–Kier alpha value is -2.49. The molecule has 2 N–H and O–H groups in total. The van der Waals surface area contributed by atoms with E-state index in [1.165, 1.54) is 31.0 Å². The fourth-order valence-corrected chi connectivity index (χ4v) is 2.95. The molecule has 0 spiro atoms. The van der Waals surface area contributed by atoms with E-state index >= 15 is 0 Å². The molecule has 0 aromatic heterocycles. The molecule has 0 unspecified atom stereocenters. The van der Waals surface area contributed by atoms with Crippen molar-refractivity contribution in [2.45, 2.75) is 38.7 Å². The summed E-state index contributed by atoms with van der Waals surface area (Å²) < 4.78 is 5.83. The molecule has 4 nitrogen and oxygen atoms in total. The summed E-state index contributed by atoms with van der Waals surface area (Å²) in [5.41, 5.74) is 1.16. The molecule has 0 heterocycles. The second-order valence-corrected chi connectivity index (χ2v) is 5.91. The fraction of sp³-hybridized carbons (Fsp3) is 0.316. The summed E-state index contributed by atoms with van der Waals surface area (Å²) in [5, 5.41) is 19.6. The van der Waals surface area contributed by atoms with E-state index in [2.05, 4.69) is 6.07 Å². The molecule has 0 aliphatic heterocycles. The molecular formula is C19H19O4. The van der Waals surface area contributed by atoms with E-state index in [-0.39, 0.29) is 28.9 Å². The van der Waals surface area contributed by atoms with Gasteiger partial charge in [0.05, 0.1) is 11.7 Å². The maximum absolute atomic E-state index is 12.6. The normalized spacial score (nSPS) is 14.8. The molecule has 1 aliphatic carbocycles. The number of hydrogen-bond donors (Lipinski definition) is 2. The highest BCUT2D eigenvalue weighted by Crippen LogP contribution is 2.30. The molecule has 1 radical (unpaired) electrons. The summed E-state index contributed by atoms with van der Waals surface area (Å²) in [5.74, 6) is 0.171. The second-order valence-electron chi connectivity index (χ2n) is 5.91. The zero-order chi connectivity index (χ0) is 16.4. The number of carbonyl (C=O) groups excluding carboxylic acids is 1. The van der Waals surface area contributed by atoms with Gasteiger partial charge >= 0.3 is 0 Å². The summed E-state index contributed by atoms with van der Waals surface area (Å²) in [7, 11) is 0. The lowest BCUT2D eigenvalue weighted by molar-refractivity contribution is 0.103. The Morgan fingerprint density at radius 3 is 2.48 bits per heavy atom. The summed E-state index contributed by atoms with van der Waals surface area (Å²) >= 11 is 0. The zero-order valence-corrected chi connectivity index (χ0v) is 13.0. The molecule has 1 saturated carbocycles. The van der Waals surface area contributed by atoms with Crippen LogP contribution < -0.4 is 4.74 Å². The van der Waals surface area contributed by atoms with Crippen molar-refractivity contribution in [3.05, 3.63) is 53.1 Å². The fourth-order valence-electron chi connectivity index (χ4n) is 2.95. The topological polar surface area (TPSA) is 66.8 Å². The van der Waals surface area contributed by atoms with Crippen LogP contribution in [0.25, 0.3) is 0 Å². The van der Waals surface area contributed by atoms with Gasteiger partial charge in [-0.3, -0.25) is 4.79 Å². The maximum Gasteiger partial charge on any atom is 0.197 e. The minimum atomic E-state index is -0.302. The first-order valence-electron chi connectivity index (χ1n) is 7.81. The highest BCUT2D eigenvalue weighted by molar-refractivity contribution is 6.11. The molecule has 23 heavy (non-hydrogen) atoms. The first-order chi connectivity index (χ1) is 11.0. The van der Waals surface area contributed by atoms with Crippen molar-refractivity contribution < 1.29 is 19.7 Å². The molecule has 2 aromatic carbocycles. The predicted octanol–water partition coefficient (Wildman–Crippen LogP) is 3.76. The van der Waals surface area contributed by atoms with Crippen LogP contribution in [0.2, 0.25) is 0 Å². The number of phenolic OH excluding ortho intramolecular Hbond substituents is 2. The Balaban J connectivity index is 1.83. The van der Waals surface area contributed by atoms with Gasteiger partial charge in [0.25, 0.3) is 0 Å². The van der Waals surface area contributed by atoms with E-state index < -0.39 is 0 Å². The van der Waals surface area contributed by atoms with Gasteiger partial charge in [-0.2, -0.15) is 0 Å². The minimum absolute atomic E-state index is 0.0106. The number of benzene rings is 2. The highest BCUT2D eigenvalue weighted by atomic mass is 16.5. The van der Waals surface area contributed by atoms with Crippen LogP contribution in [0.4, 0.5) is 0 Å². The van der Waals surface area contributed by atoms with Gasteiger partial charge in [-0.15, -0.1) is 0 Å². The van der Waals surface area contributed by atoms with Crippen LogP contribution in [-0.2, 0) is 0 Å². The van der Waals surface area contributed by atoms with Crippen LogP contribution in [0.15, 0.2) is 30.3 Å². The Kier molecular flexibility index (Phi) is 4.24. The van der Waals surface area contributed by atoms with E-state index in [0.29, 0.717) is 16.9 Å². The number of carbonyl (C=O) groups is 1. The first-order valence-corrected chi connectivity index (χ1v) is 7.81. The standard InChI is InChI=1S/C19H19O4/c1-12-10-13(20)6-8-16(12)19(22)17-9-7-15(11-18(17)21)23-14-4-2-3-5-14/h6-9,11,14,20-21H,2-5H2,1H3. The zero-order valence-electron chi connectivity index (χ0n) is 13.0. The first kappa shape index (κ1) is 15.4. The highest BCUT2D eigenvalue weighted by Gasteiger charge is 2.19. The summed E-state index contributed by atoms with van der Waals surface area (Å²) in [6, 6.07) is 10.4. The number of ether oxygens (including phenoxy) is 1. The van der Waals surface area contributed by atoms with Crippen LogP contribution >= 0.6 is 0 Å². The van der Waals surface area contributed by atoms with Crippen LogP contribution in [0.3, 0.4) is 0 Å². The van der Waals surface area contributed by atoms with Crippen LogP contribution in [-0.4, -0.2) is 22.1 Å².